The number of hydrogen-bond donors (Lipinski definition) is 1. The van der Waals surface area contributed by atoms with Crippen molar-refractivity contribution < 1.29 is 13.2 Å². The van der Waals surface area contributed by atoms with E-state index >= 15 is 0 Å². The number of ketones is 1. The van der Waals surface area contributed by atoms with Crippen LogP contribution in [0.15, 0.2) is 59.5 Å². The molecular weight excluding hydrogens is 286 g/mol. The average molecular weight is 303 g/mol. The van der Waals surface area contributed by atoms with Crippen molar-refractivity contribution >= 4 is 15.8 Å². The molecule has 4 nitrogen and oxygen atoms in total. The highest BCUT2D eigenvalue weighted by Crippen LogP contribution is 2.12. The highest BCUT2D eigenvalue weighted by molar-refractivity contribution is 7.89. The topological polar surface area (TPSA) is 63.2 Å². The third-order valence-corrected chi connectivity index (χ3v) is 4.67. The molecule has 0 aliphatic carbocycles. The van der Waals surface area contributed by atoms with Crippen molar-refractivity contribution in [1.29, 1.82) is 0 Å². The monoisotopic (exact) mass is 303 g/mol. The van der Waals surface area contributed by atoms with Crippen LogP contribution in [-0.2, 0) is 10.0 Å². The molecule has 2 rings (SSSR count). The van der Waals surface area contributed by atoms with Crippen LogP contribution in [0, 0.1) is 6.92 Å². The lowest BCUT2D eigenvalue weighted by Crippen LogP contribution is -2.38. The largest absolute Gasteiger partial charge is 0.292 e. The Morgan fingerprint density at radius 1 is 1.00 bits per heavy atom. The van der Waals surface area contributed by atoms with Crippen molar-refractivity contribution in [3.8, 4) is 0 Å². The second-order valence-electron chi connectivity index (χ2n) is 4.89. The summed E-state index contributed by atoms with van der Waals surface area (Å²) in [6.45, 7) is 3.42. The summed E-state index contributed by atoms with van der Waals surface area (Å²) in [6.07, 6.45) is 0. The Morgan fingerprint density at radius 2 is 1.57 bits per heavy atom. The number of rotatable bonds is 5. The van der Waals surface area contributed by atoms with E-state index in [1.165, 1.54) is 12.1 Å². The minimum Gasteiger partial charge on any atom is -0.292 e. The maximum atomic E-state index is 12.2. The third-order valence-electron chi connectivity index (χ3n) is 3.11. The SMILES string of the molecule is Cc1ccc(S(=O)(=O)NC(C)C(=O)c2ccccc2)cc1. The summed E-state index contributed by atoms with van der Waals surface area (Å²) in [7, 11) is -3.70. The lowest BCUT2D eigenvalue weighted by molar-refractivity contribution is 0.0961. The van der Waals surface area contributed by atoms with Gasteiger partial charge in [-0.2, -0.15) is 0 Å². The number of carbonyl (C=O) groups is 1. The molecule has 5 heteroatoms. The second-order valence-corrected chi connectivity index (χ2v) is 6.60. The molecule has 0 fully saturated rings. The van der Waals surface area contributed by atoms with Crippen LogP contribution in [0.2, 0.25) is 0 Å². The lowest BCUT2D eigenvalue weighted by atomic mass is 10.1. The molecule has 1 unspecified atom stereocenters. The van der Waals surface area contributed by atoms with E-state index in [0.29, 0.717) is 5.56 Å². The molecule has 0 aliphatic rings. The zero-order valence-electron chi connectivity index (χ0n) is 11.9. The molecule has 0 saturated carbocycles. The smallest absolute Gasteiger partial charge is 0.241 e. The number of nitrogens with one attached hydrogen (secondary N) is 1. The van der Waals surface area contributed by atoms with Gasteiger partial charge in [0, 0.05) is 5.56 Å². The average Bonchev–Trinajstić information content (AvgIpc) is 2.47. The maximum absolute atomic E-state index is 12.2. The molecule has 1 N–H and O–H groups in total. The van der Waals surface area contributed by atoms with Crippen molar-refractivity contribution in [2.24, 2.45) is 0 Å². The standard InChI is InChI=1S/C16H17NO3S/c1-12-8-10-15(11-9-12)21(19,20)17-13(2)16(18)14-6-4-3-5-7-14/h3-11,13,17H,1-2H3. The van der Waals surface area contributed by atoms with Crippen molar-refractivity contribution in [2.45, 2.75) is 24.8 Å². The molecule has 0 aliphatic heterocycles. The number of sulfonamides is 1. The fourth-order valence-electron chi connectivity index (χ4n) is 1.92. The van der Waals surface area contributed by atoms with Crippen LogP contribution in [-0.4, -0.2) is 20.2 Å². The fraction of sp³-hybridized carbons (Fsp3) is 0.188. The summed E-state index contributed by atoms with van der Waals surface area (Å²) in [4.78, 5) is 12.3. The molecule has 0 heterocycles. The molecule has 0 saturated heterocycles. The number of Topliss-reactive ketones (excluding diaryl/α,β-unsaturated/α-hetero) is 1. The first-order valence-electron chi connectivity index (χ1n) is 6.58. The Hall–Kier alpha value is -1.98. The van der Waals surface area contributed by atoms with Crippen molar-refractivity contribution in [2.75, 3.05) is 0 Å². The van der Waals surface area contributed by atoms with Gasteiger partial charge in [0.1, 0.15) is 0 Å². The number of aryl methyl sites for hydroxylation is 1. The summed E-state index contributed by atoms with van der Waals surface area (Å²) >= 11 is 0. The van der Waals surface area contributed by atoms with Gasteiger partial charge in [-0.05, 0) is 26.0 Å². The van der Waals surface area contributed by atoms with Crippen LogP contribution in [0.25, 0.3) is 0 Å². The van der Waals surface area contributed by atoms with Gasteiger partial charge in [-0.15, -0.1) is 0 Å². The molecule has 0 amide bonds. The van der Waals surface area contributed by atoms with E-state index < -0.39 is 16.1 Å². The predicted molar refractivity (Wildman–Crippen MR) is 81.7 cm³/mol. The molecule has 2 aromatic carbocycles. The molecule has 0 bridgehead atoms. The Labute approximate surface area is 124 Å². The summed E-state index contributed by atoms with van der Waals surface area (Å²) in [6, 6.07) is 14.3. The van der Waals surface area contributed by atoms with Gasteiger partial charge in [0.05, 0.1) is 10.9 Å². The van der Waals surface area contributed by atoms with E-state index in [4.69, 9.17) is 0 Å². The highest BCUT2D eigenvalue weighted by Gasteiger charge is 2.22. The quantitative estimate of drug-likeness (QED) is 0.863. The summed E-state index contributed by atoms with van der Waals surface area (Å²) in [5.74, 6) is -0.258. The summed E-state index contributed by atoms with van der Waals surface area (Å²) in [5, 5.41) is 0. The van der Waals surface area contributed by atoms with Gasteiger partial charge in [0.2, 0.25) is 10.0 Å². The van der Waals surface area contributed by atoms with E-state index in [1.807, 2.05) is 6.92 Å². The Bertz CT molecular complexity index is 722. The van der Waals surface area contributed by atoms with Gasteiger partial charge in [-0.25, -0.2) is 13.1 Å². The van der Waals surface area contributed by atoms with E-state index in [9.17, 15) is 13.2 Å². The molecule has 0 aromatic heterocycles. The Balaban J connectivity index is 2.17. The molecule has 0 radical (unpaired) electrons. The first kappa shape index (κ1) is 15.4. The van der Waals surface area contributed by atoms with Crippen LogP contribution < -0.4 is 4.72 Å². The fourth-order valence-corrected chi connectivity index (χ4v) is 3.13. The highest BCUT2D eigenvalue weighted by atomic mass is 32.2. The molecule has 1 atom stereocenters. The first-order chi connectivity index (χ1) is 9.90. The number of hydrogen-bond acceptors (Lipinski definition) is 3. The molecule has 0 spiro atoms. The van der Waals surface area contributed by atoms with Gasteiger partial charge in [-0.3, -0.25) is 4.79 Å². The first-order valence-corrected chi connectivity index (χ1v) is 8.07. The van der Waals surface area contributed by atoms with Crippen molar-refractivity contribution in [1.82, 2.24) is 4.72 Å². The number of carbonyl (C=O) groups excluding carboxylic acids is 1. The molecule has 2 aromatic rings. The zero-order valence-corrected chi connectivity index (χ0v) is 12.7. The number of benzene rings is 2. The van der Waals surface area contributed by atoms with Crippen LogP contribution in [0.3, 0.4) is 0 Å². The normalized spacial score (nSPS) is 12.9. The van der Waals surface area contributed by atoms with E-state index in [-0.39, 0.29) is 10.7 Å². The lowest BCUT2D eigenvalue weighted by Gasteiger charge is -2.13. The van der Waals surface area contributed by atoms with E-state index in [1.54, 1.807) is 49.4 Å². The van der Waals surface area contributed by atoms with Crippen LogP contribution in [0.4, 0.5) is 0 Å². The van der Waals surface area contributed by atoms with Gasteiger partial charge in [0.15, 0.2) is 5.78 Å². The van der Waals surface area contributed by atoms with Gasteiger partial charge in [0.25, 0.3) is 0 Å². The predicted octanol–water partition coefficient (Wildman–Crippen LogP) is 2.54. The molecule has 110 valence electrons. The van der Waals surface area contributed by atoms with Crippen LogP contribution in [0.1, 0.15) is 22.8 Å². The van der Waals surface area contributed by atoms with E-state index in [2.05, 4.69) is 4.72 Å². The molecular formula is C16H17NO3S. The third kappa shape index (κ3) is 3.77. The Kier molecular flexibility index (Phi) is 4.55. The van der Waals surface area contributed by atoms with Crippen LogP contribution in [0.5, 0.6) is 0 Å². The molecule has 21 heavy (non-hydrogen) atoms. The summed E-state index contributed by atoms with van der Waals surface area (Å²) in [5.41, 5.74) is 1.46. The summed E-state index contributed by atoms with van der Waals surface area (Å²) < 4.78 is 26.9. The zero-order chi connectivity index (χ0) is 15.5. The van der Waals surface area contributed by atoms with Gasteiger partial charge < -0.3 is 0 Å². The second kappa shape index (κ2) is 6.20. The minimum atomic E-state index is -3.70. The van der Waals surface area contributed by atoms with Gasteiger partial charge in [-0.1, -0.05) is 48.0 Å². The minimum absolute atomic E-state index is 0.154. The van der Waals surface area contributed by atoms with Crippen molar-refractivity contribution in [3.05, 3.63) is 65.7 Å². The van der Waals surface area contributed by atoms with Gasteiger partial charge >= 0.3 is 0 Å². The maximum Gasteiger partial charge on any atom is 0.241 e. The Morgan fingerprint density at radius 3 is 2.14 bits per heavy atom. The van der Waals surface area contributed by atoms with E-state index in [0.717, 1.165) is 5.56 Å². The van der Waals surface area contributed by atoms with Crippen LogP contribution >= 0.6 is 0 Å². The van der Waals surface area contributed by atoms with Crippen molar-refractivity contribution in [3.63, 3.8) is 0 Å².